The van der Waals surface area contributed by atoms with Gasteiger partial charge in [-0.05, 0) is 31.4 Å². The first-order valence-corrected chi connectivity index (χ1v) is 7.52. The maximum atomic E-state index is 5.26. The van der Waals surface area contributed by atoms with Crippen LogP contribution in [0.15, 0.2) is 28.9 Å². The second-order valence-electron chi connectivity index (χ2n) is 5.90. The lowest BCUT2D eigenvalue weighted by molar-refractivity contribution is 0.150. The van der Waals surface area contributed by atoms with E-state index in [1.54, 1.807) is 7.11 Å². The minimum Gasteiger partial charge on any atom is -0.385 e. The van der Waals surface area contributed by atoms with E-state index in [4.69, 9.17) is 9.26 Å². The molecule has 114 valence electrons. The summed E-state index contributed by atoms with van der Waals surface area (Å²) in [4.78, 5) is 2.45. The maximum absolute atomic E-state index is 5.26. The molecule has 0 bridgehead atoms. The molecule has 1 atom stereocenters. The van der Waals surface area contributed by atoms with E-state index < -0.39 is 0 Å². The molecule has 0 spiro atoms. The van der Waals surface area contributed by atoms with Crippen molar-refractivity contribution < 1.29 is 9.26 Å². The van der Waals surface area contributed by atoms with Gasteiger partial charge in [-0.25, -0.2) is 0 Å². The number of methoxy groups -OCH3 is 1. The minimum atomic E-state index is 0.603. The summed E-state index contributed by atoms with van der Waals surface area (Å²) in [7, 11) is 1.77. The lowest BCUT2D eigenvalue weighted by Gasteiger charge is -2.22. The van der Waals surface area contributed by atoms with Crippen LogP contribution in [0.25, 0.3) is 0 Å². The van der Waals surface area contributed by atoms with Crippen LogP contribution >= 0.6 is 0 Å². The molecule has 1 unspecified atom stereocenters. The summed E-state index contributed by atoms with van der Waals surface area (Å²) < 4.78 is 12.8. The second-order valence-corrected chi connectivity index (χ2v) is 5.90. The molecule has 2 aromatic rings. The summed E-state index contributed by atoms with van der Waals surface area (Å²) in [6.07, 6.45) is 3.27. The number of ether oxygens (including phenoxy) is 1. The molecule has 0 aliphatic carbocycles. The van der Waals surface area contributed by atoms with Gasteiger partial charge in [-0.15, -0.1) is 0 Å². The van der Waals surface area contributed by atoms with Crippen LogP contribution < -0.4 is 0 Å². The van der Waals surface area contributed by atoms with Crippen molar-refractivity contribution in [3.05, 3.63) is 41.5 Å². The Bertz CT molecular complexity index is 576. The molecule has 2 aromatic heterocycles. The average molecular weight is 289 g/mol. The second kappa shape index (κ2) is 6.45. The van der Waals surface area contributed by atoms with E-state index in [1.807, 2.05) is 13.0 Å². The van der Waals surface area contributed by atoms with Crippen LogP contribution in [0.4, 0.5) is 0 Å². The van der Waals surface area contributed by atoms with Crippen LogP contribution in [-0.2, 0) is 24.4 Å². The van der Waals surface area contributed by atoms with Crippen molar-refractivity contribution in [1.29, 1.82) is 0 Å². The number of nitrogens with zero attached hydrogens (tertiary/aromatic N) is 3. The van der Waals surface area contributed by atoms with Crippen molar-refractivity contribution in [2.45, 2.75) is 33.0 Å². The normalized spacial score (nSPS) is 19.4. The predicted octanol–water partition coefficient (Wildman–Crippen LogP) is 2.45. The molecule has 1 aliphatic rings. The lowest BCUT2D eigenvalue weighted by atomic mass is 10.1. The molecule has 3 rings (SSSR count). The Morgan fingerprint density at radius 3 is 3.10 bits per heavy atom. The van der Waals surface area contributed by atoms with Gasteiger partial charge in [0.25, 0.3) is 0 Å². The van der Waals surface area contributed by atoms with Crippen LogP contribution in [0.1, 0.15) is 23.6 Å². The molecule has 0 N–H and O–H groups in total. The van der Waals surface area contributed by atoms with Gasteiger partial charge in [0.15, 0.2) is 0 Å². The van der Waals surface area contributed by atoms with E-state index in [2.05, 4.69) is 33.0 Å². The molecule has 0 saturated carbocycles. The topological polar surface area (TPSA) is 43.4 Å². The smallest absolute Gasteiger partial charge is 0.133 e. The minimum absolute atomic E-state index is 0.603. The zero-order valence-corrected chi connectivity index (χ0v) is 12.8. The van der Waals surface area contributed by atoms with E-state index in [9.17, 15) is 0 Å². The summed E-state index contributed by atoms with van der Waals surface area (Å²) in [5.74, 6) is 1.48. The van der Waals surface area contributed by atoms with E-state index in [1.165, 1.54) is 5.69 Å². The molecule has 0 fully saturated rings. The highest BCUT2D eigenvalue weighted by Gasteiger charge is 2.22. The van der Waals surface area contributed by atoms with Crippen molar-refractivity contribution >= 4 is 0 Å². The highest BCUT2D eigenvalue weighted by molar-refractivity contribution is 5.10. The monoisotopic (exact) mass is 289 g/mol. The third-order valence-electron chi connectivity index (χ3n) is 4.07. The molecular weight excluding hydrogens is 266 g/mol. The van der Waals surface area contributed by atoms with Crippen LogP contribution in [0.5, 0.6) is 0 Å². The predicted molar refractivity (Wildman–Crippen MR) is 79.8 cm³/mol. The van der Waals surface area contributed by atoms with Crippen molar-refractivity contribution in [1.82, 2.24) is 14.6 Å². The Morgan fingerprint density at radius 2 is 2.33 bits per heavy atom. The molecule has 0 amide bonds. The summed E-state index contributed by atoms with van der Waals surface area (Å²) in [6.45, 7) is 6.69. The van der Waals surface area contributed by atoms with E-state index >= 15 is 0 Å². The zero-order chi connectivity index (χ0) is 14.7. The Morgan fingerprint density at radius 1 is 1.43 bits per heavy atom. The quantitative estimate of drug-likeness (QED) is 0.848. The van der Waals surface area contributed by atoms with Crippen LogP contribution in [0.3, 0.4) is 0 Å². The third kappa shape index (κ3) is 3.54. The molecule has 0 saturated heterocycles. The van der Waals surface area contributed by atoms with E-state index in [0.29, 0.717) is 5.92 Å². The number of hydrogen-bond donors (Lipinski definition) is 0. The summed E-state index contributed by atoms with van der Waals surface area (Å²) in [6, 6.07) is 6.36. The Hall–Kier alpha value is -1.59. The Kier molecular flexibility index (Phi) is 4.41. The largest absolute Gasteiger partial charge is 0.385 e. The van der Waals surface area contributed by atoms with Gasteiger partial charge >= 0.3 is 0 Å². The molecule has 1 aliphatic heterocycles. The van der Waals surface area contributed by atoms with Gasteiger partial charge < -0.3 is 13.8 Å². The molecule has 21 heavy (non-hydrogen) atoms. The Labute approximate surface area is 125 Å². The van der Waals surface area contributed by atoms with Gasteiger partial charge in [-0.3, -0.25) is 4.90 Å². The highest BCUT2D eigenvalue weighted by atomic mass is 16.5. The van der Waals surface area contributed by atoms with Gasteiger partial charge in [0.2, 0.25) is 0 Å². The molecule has 3 heterocycles. The van der Waals surface area contributed by atoms with Crippen LogP contribution in [0.2, 0.25) is 0 Å². The van der Waals surface area contributed by atoms with Crippen LogP contribution in [-0.4, -0.2) is 34.9 Å². The van der Waals surface area contributed by atoms with Gasteiger partial charge in [0, 0.05) is 57.9 Å². The molecule has 5 heteroatoms. The molecule has 0 aromatic carbocycles. The maximum Gasteiger partial charge on any atom is 0.133 e. The van der Waals surface area contributed by atoms with Gasteiger partial charge in [0.1, 0.15) is 5.76 Å². The zero-order valence-electron chi connectivity index (χ0n) is 12.8. The fraction of sp³-hybridized carbons (Fsp3) is 0.562. The summed E-state index contributed by atoms with van der Waals surface area (Å²) >= 11 is 0. The van der Waals surface area contributed by atoms with E-state index in [0.717, 1.165) is 50.7 Å². The Balaban J connectivity index is 1.73. The van der Waals surface area contributed by atoms with Crippen molar-refractivity contribution in [3.8, 4) is 0 Å². The number of aryl methyl sites for hydroxylation is 1. The standard InChI is InChI=1S/C16H23N3O2/c1-13-8-15(17-21-13)11-18-9-14(5-7-20-2)10-19-6-3-4-16(19)12-18/h3-4,6,8,14H,5,7,9-12H2,1-2H3. The van der Waals surface area contributed by atoms with Crippen molar-refractivity contribution in [2.24, 2.45) is 5.92 Å². The average Bonchev–Trinajstić information content (AvgIpc) is 3.02. The first-order valence-electron chi connectivity index (χ1n) is 7.52. The van der Waals surface area contributed by atoms with E-state index in [-0.39, 0.29) is 0 Å². The number of aromatic nitrogens is 2. The fourth-order valence-electron chi connectivity index (χ4n) is 3.07. The fourth-order valence-corrected chi connectivity index (χ4v) is 3.07. The number of rotatable bonds is 5. The number of hydrogen-bond acceptors (Lipinski definition) is 4. The highest BCUT2D eigenvalue weighted by Crippen LogP contribution is 2.21. The summed E-state index contributed by atoms with van der Waals surface area (Å²) in [5, 5.41) is 4.12. The lowest BCUT2D eigenvalue weighted by Crippen LogP contribution is -2.28. The van der Waals surface area contributed by atoms with Crippen molar-refractivity contribution in [2.75, 3.05) is 20.3 Å². The first kappa shape index (κ1) is 14.4. The molecule has 0 radical (unpaired) electrons. The summed E-state index contributed by atoms with van der Waals surface area (Å²) in [5.41, 5.74) is 2.38. The first-order chi connectivity index (χ1) is 10.2. The van der Waals surface area contributed by atoms with Crippen LogP contribution in [0, 0.1) is 12.8 Å². The SMILES string of the molecule is COCCC1CN(Cc2cc(C)on2)Cc2cccn2C1. The third-order valence-corrected chi connectivity index (χ3v) is 4.07. The van der Waals surface area contributed by atoms with Gasteiger partial charge in [-0.2, -0.15) is 0 Å². The van der Waals surface area contributed by atoms with Gasteiger partial charge in [-0.1, -0.05) is 5.16 Å². The van der Waals surface area contributed by atoms with Gasteiger partial charge in [0.05, 0.1) is 5.69 Å². The molecular formula is C16H23N3O2. The number of fused-ring (bicyclic) bond motifs is 1. The van der Waals surface area contributed by atoms with Crippen molar-refractivity contribution in [3.63, 3.8) is 0 Å². The molecule has 5 nitrogen and oxygen atoms in total.